The minimum Gasteiger partial charge on any atom is -0.435 e. The van der Waals surface area contributed by atoms with E-state index in [0.29, 0.717) is 43.3 Å². The SMILES string of the molecule is Cc1ccc(N2CCN(C(=O)c3nc(CC(=O)Cc4ccc(OC(F)F)cc4)cn3C)CC2)nc1. The molecule has 0 radical (unpaired) electrons. The summed E-state index contributed by atoms with van der Waals surface area (Å²) in [4.78, 5) is 38.4. The Hall–Kier alpha value is -3.82. The fourth-order valence-corrected chi connectivity index (χ4v) is 4.02. The first kappa shape index (κ1) is 24.3. The lowest BCUT2D eigenvalue weighted by atomic mass is 10.1. The van der Waals surface area contributed by atoms with Crippen LogP contribution in [0, 0.1) is 6.92 Å². The third-order valence-corrected chi connectivity index (χ3v) is 5.83. The van der Waals surface area contributed by atoms with Gasteiger partial charge < -0.3 is 19.1 Å². The Morgan fingerprint density at radius 2 is 1.74 bits per heavy atom. The molecule has 0 N–H and O–H groups in total. The highest BCUT2D eigenvalue weighted by molar-refractivity contribution is 5.91. The van der Waals surface area contributed by atoms with Gasteiger partial charge in [-0.25, -0.2) is 9.97 Å². The molecule has 1 aromatic carbocycles. The van der Waals surface area contributed by atoms with E-state index in [2.05, 4.69) is 19.6 Å². The van der Waals surface area contributed by atoms with E-state index in [9.17, 15) is 18.4 Å². The van der Waals surface area contributed by atoms with Crippen LogP contribution in [0.3, 0.4) is 0 Å². The molecule has 1 fully saturated rings. The number of nitrogens with zero attached hydrogens (tertiary/aromatic N) is 5. The van der Waals surface area contributed by atoms with Crippen LogP contribution in [0.1, 0.15) is 27.4 Å². The standard InChI is InChI=1S/C25H27F2N5O3/c1-17-3-8-22(28-15-17)31-9-11-32(12-10-31)24(34)23-29-19(16-30(23)2)14-20(33)13-18-4-6-21(7-5-18)35-25(26)27/h3-8,15-16,25H,9-14H2,1-2H3. The molecule has 10 heteroatoms. The number of hydrogen-bond donors (Lipinski definition) is 0. The molecular formula is C25H27F2N5O3. The van der Waals surface area contributed by atoms with Gasteiger partial charge in [0, 0.05) is 52.0 Å². The van der Waals surface area contributed by atoms with E-state index < -0.39 is 6.61 Å². The van der Waals surface area contributed by atoms with Crippen LogP contribution in [-0.4, -0.2) is 63.9 Å². The van der Waals surface area contributed by atoms with Crippen molar-refractivity contribution in [1.29, 1.82) is 0 Å². The third-order valence-electron chi connectivity index (χ3n) is 5.83. The largest absolute Gasteiger partial charge is 0.435 e. The molecule has 4 rings (SSSR count). The molecule has 0 spiro atoms. The first-order chi connectivity index (χ1) is 16.8. The zero-order valence-electron chi connectivity index (χ0n) is 19.7. The number of amides is 1. The van der Waals surface area contributed by atoms with Gasteiger partial charge in [-0.1, -0.05) is 18.2 Å². The normalized spacial score (nSPS) is 13.9. The molecule has 35 heavy (non-hydrogen) atoms. The highest BCUT2D eigenvalue weighted by Gasteiger charge is 2.26. The number of piperazine rings is 1. The molecule has 184 valence electrons. The smallest absolute Gasteiger partial charge is 0.387 e. The number of aromatic nitrogens is 3. The van der Waals surface area contributed by atoms with Crippen LogP contribution in [0.4, 0.5) is 14.6 Å². The molecule has 2 aromatic heterocycles. The predicted octanol–water partition coefficient (Wildman–Crippen LogP) is 3.04. The average molecular weight is 484 g/mol. The predicted molar refractivity (Wildman–Crippen MR) is 126 cm³/mol. The monoisotopic (exact) mass is 483 g/mol. The van der Waals surface area contributed by atoms with Gasteiger partial charge in [-0.15, -0.1) is 0 Å². The van der Waals surface area contributed by atoms with Crippen LogP contribution in [0.25, 0.3) is 0 Å². The van der Waals surface area contributed by atoms with Crippen LogP contribution in [0.5, 0.6) is 5.75 Å². The van der Waals surface area contributed by atoms with Gasteiger partial charge in [0.15, 0.2) is 5.82 Å². The van der Waals surface area contributed by atoms with E-state index >= 15 is 0 Å². The Bertz CT molecular complexity index is 1170. The van der Waals surface area contributed by atoms with Crippen LogP contribution >= 0.6 is 0 Å². The Kier molecular flexibility index (Phi) is 7.38. The molecule has 1 aliphatic rings. The van der Waals surface area contributed by atoms with Gasteiger partial charge in [0.25, 0.3) is 5.91 Å². The second-order valence-corrected chi connectivity index (χ2v) is 8.55. The molecule has 1 amide bonds. The first-order valence-corrected chi connectivity index (χ1v) is 11.3. The summed E-state index contributed by atoms with van der Waals surface area (Å²) in [7, 11) is 1.74. The van der Waals surface area contributed by atoms with Gasteiger partial charge in [0.05, 0.1) is 12.1 Å². The molecule has 0 unspecified atom stereocenters. The highest BCUT2D eigenvalue weighted by Crippen LogP contribution is 2.17. The lowest BCUT2D eigenvalue weighted by Crippen LogP contribution is -2.49. The molecule has 0 saturated carbocycles. The Morgan fingerprint density at radius 1 is 1.03 bits per heavy atom. The van der Waals surface area contributed by atoms with Gasteiger partial charge in [-0.3, -0.25) is 9.59 Å². The summed E-state index contributed by atoms with van der Waals surface area (Å²) in [6.07, 6.45) is 3.73. The molecule has 0 bridgehead atoms. The van der Waals surface area contributed by atoms with Gasteiger partial charge in [0.2, 0.25) is 0 Å². The molecule has 3 aromatic rings. The Labute approximate surface area is 202 Å². The van der Waals surface area contributed by atoms with Crippen LogP contribution in [-0.2, 0) is 24.7 Å². The summed E-state index contributed by atoms with van der Waals surface area (Å²) in [5, 5.41) is 0. The maximum absolute atomic E-state index is 13.1. The van der Waals surface area contributed by atoms with Crippen molar-refractivity contribution in [1.82, 2.24) is 19.4 Å². The van der Waals surface area contributed by atoms with Crippen molar-refractivity contribution in [3.63, 3.8) is 0 Å². The molecular weight excluding hydrogens is 456 g/mol. The van der Waals surface area contributed by atoms with E-state index in [1.807, 2.05) is 25.3 Å². The van der Waals surface area contributed by atoms with Crippen LogP contribution in [0.15, 0.2) is 48.8 Å². The molecule has 1 saturated heterocycles. The number of halogens is 2. The number of ketones is 1. The number of Topliss-reactive ketones (excluding diaryl/α,β-unsaturated/α-hetero) is 1. The number of aryl methyl sites for hydroxylation is 2. The number of hydrogen-bond acceptors (Lipinski definition) is 6. The molecule has 0 atom stereocenters. The number of carbonyl (C=O) groups is 2. The maximum atomic E-state index is 13.1. The second-order valence-electron chi connectivity index (χ2n) is 8.55. The van der Waals surface area contributed by atoms with Gasteiger partial charge in [0.1, 0.15) is 17.4 Å². The van der Waals surface area contributed by atoms with Crippen molar-refractivity contribution < 1.29 is 23.1 Å². The minimum absolute atomic E-state index is 0.0417. The summed E-state index contributed by atoms with van der Waals surface area (Å²) in [6.45, 7) is 1.57. The lowest BCUT2D eigenvalue weighted by molar-refractivity contribution is -0.117. The zero-order valence-corrected chi connectivity index (χ0v) is 19.7. The van der Waals surface area contributed by atoms with Crippen molar-refractivity contribution in [2.24, 2.45) is 7.05 Å². The summed E-state index contributed by atoms with van der Waals surface area (Å²) in [5.41, 5.74) is 2.30. The summed E-state index contributed by atoms with van der Waals surface area (Å²) >= 11 is 0. The maximum Gasteiger partial charge on any atom is 0.387 e. The summed E-state index contributed by atoms with van der Waals surface area (Å²) in [6, 6.07) is 9.97. The van der Waals surface area contributed by atoms with E-state index in [4.69, 9.17) is 0 Å². The summed E-state index contributed by atoms with van der Waals surface area (Å²) in [5.74, 6) is 0.973. The quantitative estimate of drug-likeness (QED) is 0.490. The van der Waals surface area contributed by atoms with E-state index in [0.717, 1.165) is 11.4 Å². The van der Waals surface area contributed by atoms with Gasteiger partial charge in [-0.05, 0) is 36.2 Å². The number of benzene rings is 1. The van der Waals surface area contributed by atoms with Gasteiger partial charge in [-0.2, -0.15) is 8.78 Å². The Morgan fingerprint density at radius 3 is 2.37 bits per heavy atom. The average Bonchev–Trinajstić information content (AvgIpc) is 3.19. The number of alkyl halides is 2. The lowest BCUT2D eigenvalue weighted by Gasteiger charge is -2.35. The van der Waals surface area contributed by atoms with Crippen molar-refractivity contribution in [3.05, 3.63) is 71.4 Å². The van der Waals surface area contributed by atoms with Gasteiger partial charge >= 0.3 is 6.61 Å². The van der Waals surface area contributed by atoms with E-state index in [-0.39, 0.29) is 30.3 Å². The molecule has 3 heterocycles. The Balaban J connectivity index is 1.32. The molecule has 0 aliphatic carbocycles. The van der Waals surface area contributed by atoms with E-state index in [1.54, 1.807) is 34.8 Å². The van der Waals surface area contributed by atoms with Crippen molar-refractivity contribution in [2.75, 3.05) is 31.1 Å². The molecule has 8 nitrogen and oxygen atoms in total. The fraction of sp³-hybridized carbons (Fsp3) is 0.360. The minimum atomic E-state index is -2.89. The van der Waals surface area contributed by atoms with Crippen LogP contribution in [0.2, 0.25) is 0 Å². The fourth-order valence-electron chi connectivity index (χ4n) is 4.02. The number of anilines is 1. The van der Waals surface area contributed by atoms with Crippen molar-refractivity contribution in [2.45, 2.75) is 26.4 Å². The third kappa shape index (κ3) is 6.20. The van der Waals surface area contributed by atoms with E-state index in [1.165, 1.54) is 12.1 Å². The first-order valence-electron chi connectivity index (χ1n) is 11.3. The molecule has 1 aliphatic heterocycles. The van der Waals surface area contributed by atoms with Crippen LogP contribution < -0.4 is 9.64 Å². The number of ether oxygens (including phenoxy) is 1. The zero-order chi connectivity index (χ0) is 24.9. The summed E-state index contributed by atoms with van der Waals surface area (Å²) < 4.78 is 30.5. The highest BCUT2D eigenvalue weighted by atomic mass is 19.3. The number of carbonyl (C=O) groups excluding carboxylic acids is 2. The second kappa shape index (κ2) is 10.6. The van der Waals surface area contributed by atoms with Crippen molar-refractivity contribution in [3.8, 4) is 5.75 Å². The topological polar surface area (TPSA) is 80.6 Å². The number of rotatable bonds is 8. The number of imidazole rings is 1. The van der Waals surface area contributed by atoms with Crippen molar-refractivity contribution >= 4 is 17.5 Å². The number of pyridine rings is 1.